The molecule has 0 bridgehead atoms. The number of carboxylic acids is 1. The summed E-state index contributed by atoms with van der Waals surface area (Å²) in [6.07, 6.45) is -9.44. The van der Waals surface area contributed by atoms with Gasteiger partial charge in [-0.1, -0.05) is 39.8 Å². The number of aliphatic carboxylic acids is 1. The summed E-state index contributed by atoms with van der Waals surface area (Å²) in [6, 6.07) is 5.18. The Hall–Kier alpha value is -4.96. The van der Waals surface area contributed by atoms with E-state index in [0.29, 0.717) is 30.0 Å². The van der Waals surface area contributed by atoms with Gasteiger partial charge in [-0.25, -0.2) is 0 Å². The van der Waals surface area contributed by atoms with Crippen molar-refractivity contribution in [3.63, 3.8) is 0 Å². The number of carbonyl (C=O) groups is 5. The summed E-state index contributed by atoms with van der Waals surface area (Å²) in [4.78, 5) is 69.1. The van der Waals surface area contributed by atoms with Crippen LogP contribution in [-0.4, -0.2) is 126 Å². The van der Waals surface area contributed by atoms with E-state index in [1.54, 1.807) is 13.8 Å². The number of ether oxygens (including phenoxy) is 3. The molecule has 2 saturated carbocycles. The number of fused-ring (bicyclic) bond motifs is 2. The Labute approximate surface area is 430 Å². The molecular weight excluding hydrogens is 1010 g/mol. The first kappa shape index (κ1) is 57.7. The van der Waals surface area contributed by atoms with Gasteiger partial charge in [0.1, 0.15) is 0 Å². The molecule has 2 aliphatic carbocycles. The van der Waals surface area contributed by atoms with E-state index < -0.39 is 88.2 Å². The molecule has 4 heterocycles. The Balaban J connectivity index is 0.000000222. The van der Waals surface area contributed by atoms with Gasteiger partial charge in [-0.05, 0) is 123 Å². The first-order chi connectivity index (χ1) is 35.1. The summed E-state index contributed by atoms with van der Waals surface area (Å²) >= 11 is 0. The number of halogens is 9. The van der Waals surface area contributed by atoms with Crippen LogP contribution in [0.15, 0.2) is 36.4 Å². The van der Waals surface area contributed by atoms with E-state index >= 15 is 0 Å². The predicted octanol–water partition coefficient (Wildman–Crippen LogP) is 9.25. The number of carbonyl (C=O) groups excluding carboxylic acids is 4. The lowest BCUT2D eigenvalue weighted by Crippen LogP contribution is -2.54. The molecular formula is C53H67F9N4O9. The Morgan fingerprint density at radius 2 is 1.12 bits per heavy atom. The number of hydrogen-bond acceptors (Lipinski definition) is 9. The quantitative estimate of drug-likeness (QED) is 0.174. The molecule has 2 aromatic carbocycles. The van der Waals surface area contributed by atoms with E-state index in [4.69, 9.17) is 14.2 Å². The van der Waals surface area contributed by atoms with Gasteiger partial charge in [-0.15, -0.1) is 0 Å². The van der Waals surface area contributed by atoms with Crippen molar-refractivity contribution in [2.24, 2.45) is 22.7 Å². The highest BCUT2D eigenvalue weighted by atomic mass is 19.4. The first-order valence-corrected chi connectivity index (χ1v) is 25.7. The number of carboxylic acid groups (broad SMARTS) is 1. The van der Waals surface area contributed by atoms with Crippen LogP contribution in [0.5, 0.6) is 0 Å². The van der Waals surface area contributed by atoms with Gasteiger partial charge in [0.2, 0.25) is 11.8 Å². The van der Waals surface area contributed by atoms with Crippen LogP contribution in [0.4, 0.5) is 39.5 Å². The summed E-state index contributed by atoms with van der Waals surface area (Å²) in [7, 11) is 1.15. The lowest BCUT2D eigenvalue weighted by molar-refractivity contribution is -0.192. The van der Waals surface area contributed by atoms with Crippen molar-refractivity contribution in [2.45, 2.75) is 160 Å². The van der Waals surface area contributed by atoms with Crippen LogP contribution in [0, 0.1) is 22.7 Å². The number of esters is 1. The van der Waals surface area contributed by atoms with Gasteiger partial charge in [0.25, 0.3) is 0 Å². The largest absolute Gasteiger partial charge is 0.481 e. The number of methoxy groups -OCH3 is 1. The molecule has 0 aromatic heterocycles. The molecule has 2 saturated heterocycles. The molecule has 4 fully saturated rings. The third kappa shape index (κ3) is 12.3. The molecule has 13 nitrogen and oxygen atoms in total. The van der Waals surface area contributed by atoms with Crippen molar-refractivity contribution in [2.75, 3.05) is 46.6 Å². The molecule has 3 amide bonds. The second-order valence-corrected chi connectivity index (χ2v) is 21.7. The van der Waals surface area contributed by atoms with Crippen LogP contribution >= 0.6 is 0 Å². The van der Waals surface area contributed by atoms with Crippen molar-refractivity contribution in [3.8, 4) is 0 Å². The van der Waals surface area contributed by atoms with Gasteiger partial charge in [0.05, 0.1) is 40.9 Å². The van der Waals surface area contributed by atoms with E-state index in [9.17, 15) is 68.6 Å². The van der Waals surface area contributed by atoms with E-state index in [1.165, 1.54) is 21.9 Å². The van der Waals surface area contributed by atoms with Crippen molar-refractivity contribution in [1.82, 2.24) is 20.0 Å². The summed E-state index contributed by atoms with van der Waals surface area (Å²) in [5, 5.41) is 13.5. The fourth-order valence-electron chi connectivity index (χ4n) is 12.6. The molecule has 75 heavy (non-hydrogen) atoms. The average molecular weight is 1080 g/mol. The monoisotopic (exact) mass is 1070 g/mol. The zero-order valence-electron chi connectivity index (χ0n) is 42.8. The van der Waals surface area contributed by atoms with Crippen LogP contribution in [0.2, 0.25) is 0 Å². The van der Waals surface area contributed by atoms with Crippen LogP contribution in [0.25, 0.3) is 0 Å². The summed E-state index contributed by atoms with van der Waals surface area (Å²) in [5.74, 6) is -6.82. The Bertz CT molecular complexity index is 2420. The summed E-state index contributed by atoms with van der Waals surface area (Å²) < 4.78 is 137. The molecule has 6 aliphatic rings. The highest BCUT2D eigenvalue weighted by Crippen LogP contribution is 2.51. The van der Waals surface area contributed by atoms with E-state index in [2.05, 4.69) is 5.32 Å². The van der Waals surface area contributed by atoms with Crippen LogP contribution in [0.3, 0.4) is 0 Å². The van der Waals surface area contributed by atoms with Crippen LogP contribution in [-0.2, 0) is 63.6 Å². The number of nitrogens with zero attached hydrogens (tertiary/aromatic N) is 3. The second-order valence-electron chi connectivity index (χ2n) is 21.7. The summed E-state index contributed by atoms with van der Waals surface area (Å²) in [5.41, 5.74) is -2.50. The molecule has 416 valence electrons. The number of rotatable bonds is 10. The lowest BCUT2D eigenvalue weighted by Gasteiger charge is -2.43. The third-order valence-corrected chi connectivity index (χ3v) is 16.9. The average Bonchev–Trinajstić information content (AvgIpc) is 4.01. The molecule has 6 atom stereocenters. The molecule has 8 rings (SSSR count). The van der Waals surface area contributed by atoms with Gasteiger partial charge in [0, 0.05) is 76.8 Å². The highest BCUT2D eigenvalue weighted by molar-refractivity contribution is 5.88. The van der Waals surface area contributed by atoms with Crippen molar-refractivity contribution < 1.29 is 82.8 Å². The van der Waals surface area contributed by atoms with Crippen molar-refractivity contribution in [1.29, 1.82) is 0 Å². The maximum Gasteiger partial charge on any atom is 0.471 e. The minimum Gasteiger partial charge on any atom is -0.481 e. The van der Waals surface area contributed by atoms with Gasteiger partial charge in [-0.2, -0.15) is 39.5 Å². The van der Waals surface area contributed by atoms with Crippen molar-refractivity contribution in [3.05, 3.63) is 69.8 Å². The molecule has 0 radical (unpaired) electrons. The molecule has 22 heteroatoms. The van der Waals surface area contributed by atoms with Gasteiger partial charge >= 0.3 is 36.4 Å². The zero-order chi connectivity index (χ0) is 55.0. The number of amides is 3. The Morgan fingerprint density at radius 1 is 0.653 bits per heavy atom. The standard InChI is InChI=1S/C28H34F6N2O5.C25H33F3N2O4/c1-16(2)26(9-6-20(13-26)36(25(39)28(32,33)34)19-7-10-41-11-8-19)24(38)35-14-17-12-18(27(29,30)31)4-5-21(17)22(15-35)23(37)40-3;1-15(2)24(8-5-19(12-24)29-18-6-9-34-10-7-18)23(33)30-13-16-11-17(25(26,27)28)3-4-20(16)21(14-30)22(31)32/h4-5,12,16,19-20,22H,6-11,13-15H2,1-3H3;3-4,11,15,18-19,21,29H,5-10,12-14H2,1-2H3,(H,31,32)/t20-,22?,26+;19-,21?,24+/m11/s1. The highest BCUT2D eigenvalue weighted by Gasteiger charge is 2.56. The fraction of sp³-hybridized carbons (Fsp3) is 0.679. The van der Waals surface area contributed by atoms with Gasteiger partial charge in [-0.3, -0.25) is 24.0 Å². The van der Waals surface area contributed by atoms with E-state index in [1.807, 2.05) is 13.8 Å². The zero-order valence-corrected chi connectivity index (χ0v) is 42.8. The lowest BCUT2D eigenvalue weighted by atomic mass is 9.73. The summed E-state index contributed by atoms with van der Waals surface area (Å²) in [6.45, 7) is 9.04. The van der Waals surface area contributed by atoms with E-state index in [-0.39, 0.29) is 106 Å². The molecule has 2 N–H and O–H groups in total. The third-order valence-electron chi connectivity index (χ3n) is 16.9. The number of hydrogen-bond donors (Lipinski definition) is 2. The fourth-order valence-corrected chi connectivity index (χ4v) is 12.6. The SMILES string of the molecule is CC(C)[C@]1(C(=O)N2Cc3cc(C(F)(F)F)ccc3C(C(=O)O)C2)CC[C@@H](NC2CCOCC2)C1.COC(=O)C1CN(C(=O)[C@@]2(C(C)C)CC[C@@H](N(C(=O)C(F)(F)F)C3CCOCC3)C2)Cc2cc(C(F)(F)F)ccc21. The van der Waals surface area contributed by atoms with E-state index in [0.717, 1.165) is 68.8 Å². The van der Waals surface area contributed by atoms with Crippen molar-refractivity contribution >= 4 is 29.7 Å². The van der Waals surface area contributed by atoms with Gasteiger partial charge < -0.3 is 39.3 Å². The number of nitrogens with one attached hydrogen (secondary N) is 1. The molecule has 4 aliphatic heterocycles. The second kappa shape index (κ2) is 22.6. The maximum atomic E-state index is 14.2. The first-order valence-electron chi connectivity index (χ1n) is 25.7. The molecule has 2 unspecified atom stereocenters. The number of alkyl halides is 9. The Kier molecular flexibility index (Phi) is 17.4. The topological polar surface area (TPSA) is 155 Å². The molecule has 0 spiro atoms. The predicted molar refractivity (Wildman–Crippen MR) is 252 cm³/mol. The minimum atomic E-state index is -5.09. The smallest absolute Gasteiger partial charge is 0.471 e. The normalized spacial score (nSPS) is 26.8. The number of benzene rings is 2. The van der Waals surface area contributed by atoms with Crippen LogP contribution in [0.1, 0.15) is 137 Å². The van der Waals surface area contributed by atoms with Crippen LogP contribution < -0.4 is 5.32 Å². The Morgan fingerprint density at radius 3 is 1.59 bits per heavy atom. The minimum absolute atomic E-state index is 0.00556. The maximum absolute atomic E-state index is 14.2. The molecule has 2 aromatic rings. The van der Waals surface area contributed by atoms with Gasteiger partial charge in [0.15, 0.2) is 0 Å².